The minimum Gasteiger partial charge on any atom is -0.465 e. The number of ether oxygens (including phenoxy) is 2. The lowest BCUT2D eigenvalue weighted by Crippen LogP contribution is -2.25. The van der Waals surface area contributed by atoms with E-state index in [1.165, 1.54) is 0 Å². The molecule has 0 heterocycles. The summed E-state index contributed by atoms with van der Waals surface area (Å²) >= 11 is 0. The molecule has 5 unspecified atom stereocenters. The number of allylic oxidation sites excluding steroid dienone is 3. The van der Waals surface area contributed by atoms with Gasteiger partial charge in [-0.2, -0.15) is 0 Å². The van der Waals surface area contributed by atoms with Crippen molar-refractivity contribution in [1.29, 1.82) is 0 Å². The van der Waals surface area contributed by atoms with E-state index in [4.69, 9.17) is 9.47 Å². The van der Waals surface area contributed by atoms with Gasteiger partial charge in [0, 0.05) is 20.0 Å². The van der Waals surface area contributed by atoms with Crippen LogP contribution in [0.15, 0.2) is 24.3 Å². The highest BCUT2D eigenvalue weighted by atomic mass is 16.5. The molecular weight excluding hydrogens is 316 g/mol. The van der Waals surface area contributed by atoms with Crippen LogP contribution in [0.25, 0.3) is 0 Å². The number of rotatable bonds is 15. The van der Waals surface area contributed by atoms with Crippen molar-refractivity contribution >= 4 is 12.8 Å². The van der Waals surface area contributed by atoms with Crippen LogP contribution in [0.3, 0.4) is 0 Å². The third kappa shape index (κ3) is 10.9. The van der Waals surface area contributed by atoms with Gasteiger partial charge in [-0.25, -0.2) is 0 Å². The number of carbonyl (C=O) groups is 2. The molecule has 25 heavy (non-hydrogen) atoms. The van der Waals surface area contributed by atoms with Crippen molar-refractivity contribution in [2.75, 3.05) is 7.11 Å². The van der Waals surface area contributed by atoms with Crippen LogP contribution in [0.2, 0.25) is 0 Å². The highest BCUT2D eigenvalue weighted by Crippen LogP contribution is 2.28. The van der Waals surface area contributed by atoms with Gasteiger partial charge in [-0.15, -0.1) is 0 Å². The molecule has 0 aromatic rings. The fourth-order valence-corrected chi connectivity index (χ4v) is 3.05. The topological polar surface area (TPSA) is 52.6 Å². The maximum atomic E-state index is 10.7. The predicted octanol–water partition coefficient (Wildman–Crippen LogP) is 4.73. The maximum absolute atomic E-state index is 10.7. The molecule has 0 aromatic carbocycles. The van der Waals surface area contributed by atoms with E-state index in [0.29, 0.717) is 37.1 Å². The number of hydrogen-bond donors (Lipinski definition) is 0. The van der Waals surface area contributed by atoms with Crippen LogP contribution in [-0.2, 0) is 19.1 Å². The van der Waals surface area contributed by atoms with Gasteiger partial charge in [0.05, 0.1) is 6.10 Å². The number of aldehydes is 1. The monoisotopic (exact) mass is 352 g/mol. The van der Waals surface area contributed by atoms with Gasteiger partial charge in [0.1, 0.15) is 12.4 Å². The summed E-state index contributed by atoms with van der Waals surface area (Å²) in [6.07, 6.45) is 13.6. The van der Waals surface area contributed by atoms with Gasteiger partial charge in [-0.3, -0.25) is 4.79 Å². The first kappa shape index (κ1) is 23.6. The van der Waals surface area contributed by atoms with E-state index in [-0.39, 0.29) is 12.2 Å². The molecule has 0 spiro atoms. The first-order valence-corrected chi connectivity index (χ1v) is 9.38. The summed E-state index contributed by atoms with van der Waals surface area (Å²) in [6.45, 7) is 8.97. The van der Waals surface area contributed by atoms with E-state index in [1.807, 2.05) is 19.1 Å². The molecule has 0 aromatic heterocycles. The fourth-order valence-electron chi connectivity index (χ4n) is 3.05. The SMILES string of the molecule is CCC(OC)C(CCC=O)CC(C)C(C)/C=C/C=C/CC(C)OC=O. The van der Waals surface area contributed by atoms with Gasteiger partial charge < -0.3 is 14.3 Å². The van der Waals surface area contributed by atoms with Crippen molar-refractivity contribution in [3.63, 3.8) is 0 Å². The predicted molar refractivity (Wildman–Crippen MR) is 102 cm³/mol. The highest BCUT2D eigenvalue weighted by molar-refractivity contribution is 5.49. The van der Waals surface area contributed by atoms with Crippen LogP contribution < -0.4 is 0 Å². The molecule has 0 rings (SSSR count). The molecule has 0 aliphatic rings. The number of carbonyl (C=O) groups excluding carboxylic acids is 2. The zero-order valence-corrected chi connectivity index (χ0v) is 16.5. The van der Waals surface area contributed by atoms with Crippen LogP contribution in [-0.4, -0.2) is 32.1 Å². The van der Waals surface area contributed by atoms with Crippen molar-refractivity contribution < 1.29 is 19.1 Å². The first-order chi connectivity index (χ1) is 12.0. The first-order valence-electron chi connectivity index (χ1n) is 9.38. The van der Waals surface area contributed by atoms with Crippen LogP contribution in [0.4, 0.5) is 0 Å². The molecule has 0 saturated heterocycles. The van der Waals surface area contributed by atoms with Crippen LogP contribution in [0.1, 0.15) is 59.8 Å². The Morgan fingerprint density at radius 3 is 2.36 bits per heavy atom. The Bertz CT molecular complexity index is 399. The van der Waals surface area contributed by atoms with Crippen LogP contribution in [0, 0.1) is 17.8 Å². The highest BCUT2D eigenvalue weighted by Gasteiger charge is 2.23. The van der Waals surface area contributed by atoms with Gasteiger partial charge in [0.15, 0.2) is 0 Å². The molecule has 0 bridgehead atoms. The molecule has 5 atom stereocenters. The second kappa shape index (κ2) is 14.9. The molecule has 0 N–H and O–H groups in total. The van der Waals surface area contributed by atoms with Gasteiger partial charge >= 0.3 is 0 Å². The summed E-state index contributed by atoms with van der Waals surface area (Å²) in [5.41, 5.74) is 0. The van der Waals surface area contributed by atoms with E-state index >= 15 is 0 Å². The fraction of sp³-hybridized carbons (Fsp3) is 0.714. The summed E-state index contributed by atoms with van der Waals surface area (Å²) in [6, 6.07) is 0. The maximum Gasteiger partial charge on any atom is 0.293 e. The summed E-state index contributed by atoms with van der Waals surface area (Å²) < 4.78 is 10.4. The Morgan fingerprint density at radius 1 is 1.08 bits per heavy atom. The third-order valence-electron chi connectivity index (χ3n) is 4.88. The molecule has 0 aliphatic carbocycles. The van der Waals surface area contributed by atoms with Crippen molar-refractivity contribution in [3.8, 4) is 0 Å². The van der Waals surface area contributed by atoms with Crippen molar-refractivity contribution in [3.05, 3.63) is 24.3 Å². The third-order valence-corrected chi connectivity index (χ3v) is 4.88. The zero-order chi connectivity index (χ0) is 19.1. The minimum absolute atomic E-state index is 0.0860. The van der Waals surface area contributed by atoms with E-state index in [2.05, 4.69) is 32.9 Å². The average Bonchev–Trinajstić information content (AvgIpc) is 2.60. The zero-order valence-electron chi connectivity index (χ0n) is 16.5. The largest absolute Gasteiger partial charge is 0.465 e. The summed E-state index contributed by atoms with van der Waals surface area (Å²) in [5.74, 6) is 1.38. The summed E-state index contributed by atoms with van der Waals surface area (Å²) in [5, 5.41) is 0. The molecule has 0 saturated carbocycles. The van der Waals surface area contributed by atoms with Gasteiger partial charge in [-0.1, -0.05) is 45.1 Å². The van der Waals surface area contributed by atoms with Gasteiger partial charge in [-0.05, 0) is 43.9 Å². The Morgan fingerprint density at radius 2 is 1.80 bits per heavy atom. The molecule has 4 heteroatoms. The van der Waals surface area contributed by atoms with Crippen molar-refractivity contribution in [2.45, 2.75) is 72.0 Å². The molecule has 0 amide bonds. The lowest BCUT2D eigenvalue weighted by Gasteiger charge is -2.29. The Kier molecular flexibility index (Phi) is 14.0. The van der Waals surface area contributed by atoms with Gasteiger partial charge in [0.2, 0.25) is 0 Å². The molecule has 0 aliphatic heterocycles. The second-order valence-corrected chi connectivity index (χ2v) is 6.85. The lowest BCUT2D eigenvalue weighted by molar-refractivity contribution is -0.132. The summed E-state index contributed by atoms with van der Waals surface area (Å²) in [4.78, 5) is 21.0. The quantitative estimate of drug-likeness (QED) is 0.316. The minimum atomic E-state index is -0.0860. The molecule has 4 nitrogen and oxygen atoms in total. The van der Waals surface area contributed by atoms with Gasteiger partial charge in [0.25, 0.3) is 6.47 Å². The van der Waals surface area contributed by atoms with E-state index in [1.54, 1.807) is 7.11 Å². The van der Waals surface area contributed by atoms with E-state index in [0.717, 1.165) is 25.5 Å². The average molecular weight is 353 g/mol. The van der Waals surface area contributed by atoms with Crippen molar-refractivity contribution in [2.24, 2.45) is 17.8 Å². The van der Waals surface area contributed by atoms with Crippen molar-refractivity contribution in [1.82, 2.24) is 0 Å². The lowest BCUT2D eigenvalue weighted by atomic mass is 9.81. The Balaban J connectivity index is 4.49. The van der Waals surface area contributed by atoms with E-state index in [9.17, 15) is 9.59 Å². The molecule has 0 radical (unpaired) electrons. The van der Waals surface area contributed by atoms with Crippen LogP contribution in [0.5, 0.6) is 0 Å². The Labute approximate surface area is 153 Å². The molecule has 0 fully saturated rings. The summed E-state index contributed by atoms with van der Waals surface area (Å²) in [7, 11) is 1.76. The van der Waals surface area contributed by atoms with Crippen LogP contribution >= 0.6 is 0 Å². The standard InChI is InChI=1S/C21H36O4/c1-6-21(24-5)20(13-10-14-22)15-18(3)17(2)11-8-7-9-12-19(4)25-16-23/h7-9,11,14,16-21H,6,10,12-13,15H2,1-5H3/b9-7+,11-8+. The number of hydrogen-bond acceptors (Lipinski definition) is 4. The normalized spacial score (nSPS) is 18.0. The molecular formula is C21H36O4. The smallest absolute Gasteiger partial charge is 0.293 e. The molecule has 144 valence electrons. The van der Waals surface area contributed by atoms with E-state index < -0.39 is 0 Å². The number of methoxy groups -OCH3 is 1. The Hall–Kier alpha value is -1.42. The second-order valence-electron chi connectivity index (χ2n) is 6.85.